The van der Waals surface area contributed by atoms with Gasteiger partial charge in [0.15, 0.2) is 0 Å². The predicted molar refractivity (Wildman–Crippen MR) is 53.2 cm³/mol. The lowest BCUT2D eigenvalue weighted by molar-refractivity contribution is 0.549. The zero-order valence-electron chi connectivity index (χ0n) is 6.94. The largest absolute Gasteiger partial charge is 0.0609 e. The predicted octanol–water partition coefficient (Wildman–Crippen LogP) is 3.33. The molecule has 0 heterocycles. The summed E-state index contributed by atoms with van der Waals surface area (Å²) in [6.45, 7) is 0. The second-order valence-corrected chi connectivity index (χ2v) is 5.09. The van der Waals surface area contributed by atoms with Crippen LogP contribution in [0.25, 0.3) is 0 Å². The summed E-state index contributed by atoms with van der Waals surface area (Å²) in [5, 5.41) is 0. The Bertz CT molecular complexity index is 337. The summed E-state index contributed by atoms with van der Waals surface area (Å²) in [4.78, 5) is 0. The highest BCUT2D eigenvalue weighted by atomic mass is 79.9. The SMILES string of the molecule is Brc1cccc2c1CC1(CC1)C2. The van der Waals surface area contributed by atoms with Crippen molar-refractivity contribution in [3.63, 3.8) is 0 Å². The van der Waals surface area contributed by atoms with Crippen LogP contribution in [0.2, 0.25) is 0 Å². The van der Waals surface area contributed by atoms with Crippen LogP contribution in [-0.2, 0) is 12.8 Å². The third kappa shape index (κ3) is 0.891. The summed E-state index contributed by atoms with van der Waals surface area (Å²) in [5.74, 6) is 0. The van der Waals surface area contributed by atoms with Crippen molar-refractivity contribution in [2.45, 2.75) is 25.7 Å². The molecule has 2 aliphatic rings. The second kappa shape index (κ2) is 2.14. The van der Waals surface area contributed by atoms with E-state index in [9.17, 15) is 0 Å². The van der Waals surface area contributed by atoms with Crippen LogP contribution < -0.4 is 0 Å². The molecule has 0 atom stereocenters. The van der Waals surface area contributed by atoms with E-state index in [1.165, 1.54) is 30.2 Å². The Labute approximate surface area is 81.1 Å². The molecule has 1 aromatic carbocycles. The number of hydrogen-bond donors (Lipinski definition) is 0. The summed E-state index contributed by atoms with van der Waals surface area (Å²) in [5.41, 5.74) is 3.88. The first-order chi connectivity index (χ1) is 5.79. The summed E-state index contributed by atoms with van der Waals surface area (Å²) in [7, 11) is 0. The van der Waals surface area contributed by atoms with E-state index >= 15 is 0 Å². The van der Waals surface area contributed by atoms with Crippen molar-refractivity contribution in [2.75, 3.05) is 0 Å². The average molecular weight is 223 g/mol. The Morgan fingerprint density at radius 3 is 2.67 bits per heavy atom. The Morgan fingerprint density at radius 1 is 1.17 bits per heavy atom. The van der Waals surface area contributed by atoms with Crippen molar-refractivity contribution in [2.24, 2.45) is 5.41 Å². The molecule has 0 bridgehead atoms. The number of fused-ring (bicyclic) bond motifs is 1. The van der Waals surface area contributed by atoms with Gasteiger partial charge in [-0.2, -0.15) is 0 Å². The zero-order chi connectivity index (χ0) is 8.18. The van der Waals surface area contributed by atoms with Crippen LogP contribution in [0.3, 0.4) is 0 Å². The molecule has 0 nitrogen and oxygen atoms in total. The van der Waals surface area contributed by atoms with Gasteiger partial charge in [-0.1, -0.05) is 28.1 Å². The van der Waals surface area contributed by atoms with Crippen molar-refractivity contribution in [1.29, 1.82) is 0 Å². The Kier molecular flexibility index (Phi) is 1.27. The van der Waals surface area contributed by atoms with E-state index in [1.807, 2.05) is 0 Å². The van der Waals surface area contributed by atoms with Crippen LogP contribution in [0.4, 0.5) is 0 Å². The van der Waals surface area contributed by atoms with E-state index in [2.05, 4.69) is 34.1 Å². The van der Waals surface area contributed by atoms with Gasteiger partial charge in [0.1, 0.15) is 0 Å². The van der Waals surface area contributed by atoms with Crippen LogP contribution >= 0.6 is 15.9 Å². The van der Waals surface area contributed by atoms with Gasteiger partial charge in [0.2, 0.25) is 0 Å². The standard InChI is InChI=1S/C11H11Br/c12-10-3-1-2-8-6-11(4-5-11)7-9(8)10/h1-3H,4-7H2. The van der Waals surface area contributed by atoms with Crippen molar-refractivity contribution in [3.8, 4) is 0 Å². The van der Waals surface area contributed by atoms with Crippen molar-refractivity contribution >= 4 is 15.9 Å². The van der Waals surface area contributed by atoms with Crippen LogP contribution in [0, 0.1) is 5.41 Å². The fourth-order valence-electron chi connectivity index (χ4n) is 2.34. The monoisotopic (exact) mass is 222 g/mol. The molecule has 62 valence electrons. The molecule has 2 aliphatic carbocycles. The summed E-state index contributed by atoms with van der Waals surface area (Å²) < 4.78 is 1.32. The molecule has 0 unspecified atom stereocenters. The number of rotatable bonds is 0. The minimum atomic E-state index is 0.714. The highest BCUT2D eigenvalue weighted by molar-refractivity contribution is 9.10. The maximum Gasteiger partial charge on any atom is 0.0210 e. The van der Waals surface area contributed by atoms with Crippen molar-refractivity contribution in [3.05, 3.63) is 33.8 Å². The molecule has 12 heavy (non-hydrogen) atoms. The number of benzene rings is 1. The maximum atomic E-state index is 3.63. The van der Waals surface area contributed by atoms with E-state index in [0.29, 0.717) is 5.41 Å². The van der Waals surface area contributed by atoms with Gasteiger partial charge in [-0.25, -0.2) is 0 Å². The molecule has 1 fully saturated rings. The van der Waals surface area contributed by atoms with Crippen LogP contribution in [0.5, 0.6) is 0 Å². The van der Waals surface area contributed by atoms with Crippen molar-refractivity contribution < 1.29 is 0 Å². The first-order valence-electron chi connectivity index (χ1n) is 4.55. The van der Waals surface area contributed by atoms with Crippen LogP contribution in [0.15, 0.2) is 22.7 Å². The molecule has 1 saturated carbocycles. The summed E-state index contributed by atoms with van der Waals surface area (Å²) in [6, 6.07) is 6.61. The van der Waals surface area contributed by atoms with Gasteiger partial charge in [-0.05, 0) is 48.3 Å². The summed E-state index contributed by atoms with van der Waals surface area (Å²) in [6.07, 6.45) is 5.56. The van der Waals surface area contributed by atoms with E-state index in [4.69, 9.17) is 0 Å². The second-order valence-electron chi connectivity index (χ2n) is 4.23. The molecule has 0 aromatic heterocycles. The van der Waals surface area contributed by atoms with Crippen LogP contribution in [-0.4, -0.2) is 0 Å². The van der Waals surface area contributed by atoms with Gasteiger partial charge in [0.05, 0.1) is 0 Å². The first kappa shape index (κ1) is 7.14. The van der Waals surface area contributed by atoms with E-state index < -0.39 is 0 Å². The van der Waals surface area contributed by atoms with Gasteiger partial charge in [-0.15, -0.1) is 0 Å². The third-order valence-electron chi connectivity index (χ3n) is 3.29. The Hall–Kier alpha value is -0.300. The smallest absolute Gasteiger partial charge is 0.0210 e. The quantitative estimate of drug-likeness (QED) is 0.632. The highest BCUT2D eigenvalue weighted by Gasteiger charge is 2.47. The Balaban J connectivity index is 2.12. The molecule has 1 aromatic rings. The van der Waals surface area contributed by atoms with Gasteiger partial charge in [-0.3, -0.25) is 0 Å². The molecule has 1 spiro atoms. The molecule has 0 saturated heterocycles. The topological polar surface area (TPSA) is 0 Å². The summed E-state index contributed by atoms with van der Waals surface area (Å²) >= 11 is 3.63. The molecule has 1 heteroatoms. The van der Waals surface area contributed by atoms with Gasteiger partial charge in [0.25, 0.3) is 0 Å². The van der Waals surface area contributed by atoms with Crippen molar-refractivity contribution in [1.82, 2.24) is 0 Å². The fourth-order valence-corrected chi connectivity index (χ4v) is 2.89. The van der Waals surface area contributed by atoms with E-state index in [-0.39, 0.29) is 0 Å². The maximum absolute atomic E-state index is 3.63. The number of halogens is 1. The highest BCUT2D eigenvalue weighted by Crippen LogP contribution is 2.56. The number of hydrogen-bond acceptors (Lipinski definition) is 0. The van der Waals surface area contributed by atoms with Gasteiger partial charge >= 0.3 is 0 Å². The molecule has 0 N–H and O–H groups in total. The molecule has 0 aliphatic heterocycles. The molecular weight excluding hydrogens is 212 g/mol. The molecular formula is C11H11Br. The third-order valence-corrected chi connectivity index (χ3v) is 4.03. The van der Waals surface area contributed by atoms with E-state index in [1.54, 1.807) is 11.1 Å². The molecule has 0 radical (unpaired) electrons. The Morgan fingerprint density at radius 2 is 2.00 bits per heavy atom. The fraction of sp³-hybridized carbons (Fsp3) is 0.455. The average Bonchev–Trinajstić information content (AvgIpc) is 2.63. The molecule has 0 amide bonds. The molecule has 3 rings (SSSR count). The minimum absolute atomic E-state index is 0.714. The van der Waals surface area contributed by atoms with Gasteiger partial charge < -0.3 is 0 Å². The van der Waals surface area contributed by atoms with E-state index in [0.717, 1.165) is 0 Å². The lowest BCUT2D eigenvalue weighted by Gasteiger charge is -2.00. The normalized spacial score (nSPS) is 22.8. The van der Waals surface area contributed by atoms with Crippen LogP contribution in [0.1, 0.15) is 24.0 Å². The first-order valence-corrected chi connectivity index (χ1v) is 5.35. The minimum Gasteiger partial charge on any atom is -0.0609 e. The lowest BCUT2D eigenvalue weighted by Crippen LogP contribution is -1.96. The zero-order valence-corrected chi connectivity index (χ0v) is 8.52. The lowest BCUT2D eigenvalue weighted by atomic mass is 10.0. The van der Waals surface area contributed by atoms with Gasteiger partial charge in [0, 0.05) is 4.47 Å².